The van der Waals surface area contributed by atoms with Crippen LogP contribution in [0.1, 0.15) is 34.5 Å². The standard InChI is InChI=1S/C15H18N4O/c1-2-19-9-13(16)14(18-19)15(20)17-8-11-7-10-5-3-4-6-12(10)11/h3-6,9,11H,2,7-8,16H2,1H3,(H,17,20). The average molecular weight is 270 g/mol. The van der Waals surface area contributed by atoms with Crippen molar-refractivity contribution in [3.05, 3.63) is 47.3 Å². The molecule has 1 aliphatic rings. The van der Waals surface area contributed by atoms with Crippen molar-refractivity contribution in [2.24, 2.45) is 0 Å². The van der Waals surface area contributed by atoms with E-state index in [9.17, 15) is 4.79 Å². The summed E-state index contributed by atoms with van der Waals surface area (Å²) in [7, 11) is 0. The fourth-order valence-electron chi connectivity index (χ4n) is 2.62. The first kappa shape index (κ1) is 12.7. The van der Waals surface area contributed by atoms with E-state index in [2.05, 4.69) is 22.5 Å². The van der Waals surface area contributed by atoms with E-state index in [1.54, 1.807) is 10.9 Å². The third-order valence-corrected chi connectivity index (χ3v) is 3.80. The zero-order valence-corrected chi connectivity index (χ0v) is 11.5. The van der Waals surface area contributed by atoms with Crippen LogP contribution in [-0.4, -0.2) is 22.2 Å². The molecule has 20 heavy (non-hydrogen) atoms. The number of rotatable bonds is 4. The Morgan fingerprint density at radius 1 is 1.50 bits per heavy atom. The highest BCUT2D eigenvalue weighted by atomic mass is 16.2. The fraction of sp³-hybridized carbons (Fsp3) is 0.333. The number of fused-ring (bicyclic) bond motifs is 1. The van der Waals surface area contributed by atoms with Crippen molar-refractivity contribution in [3.63, 3.8) is 0 Å². The third-order valence-electron chi connectivity index (χ3n) is 3.80. The number of nitrogens with two attached hydrogens (primary N) is 1. The monoisotopic (exact) mass is 270 g/mol. The van der Waals surface area contributed by atoms with E-state index in [-0.39, 0.29) is 5.91 Å². The van der Waals surface area contributed by atoms with E-state index in [0.29, 0.717) is 30.4 Å². The predicted octanol–water partition coefficient (Wildman–Crippen LogP) is 1.55. The summed E-state index contributed by atoms with van der Waals surface area (Å²) in [6.45, 7) is 3.29. The molecule has 1 aliphatic carbocycles. The molecule has 0 spiro atoms. The number of carbonyl (C=O) groups excluding carboxylic acids is 1. The first-order chi connectivity index (χ1) is 9.69. The van der Waals surface area contributed by atoms with Crippen molar-refractivity contribution in [3.8, 4) is 0 Å². The van der Waals surface area contributed by atoms with Crippen LogP contribution in [0.2, 0.25) is 0 Å². The maximum atomic E-state index is 12.1. The molecular weight excluding hydrogens is 252 g/mol. The molecule has 0 bridgehead atoms. The topological polar surface area (TPSA) is 72.9 Å². The summed E-state index contributed by atoms with van der Waals surface area (Å²) in [6.07, 6.45) is 2.71. The molecule has 1 heterocycles. The van der Waals surface area contributed by atoms with Crippen molar-refractivity contribution in [2.75, 3.05) is 12.3 Å². The van der Waals surface area contributed by atoms with Gasteiger partial charge in [-0.3, -0.25) is 9.48 Å². The first-order valence-electron chi connectivity index (χ1n) is 6.88. The molecule has 0 aliphatic heterocycles. The summed E-state index contributed by atoms with van der Waals surface area (Å²) < 4.78 is 1.67. The third kappa shape index (κ3) is 2.15. The smallest absolute Gasteiger partial charge is 0.273 e. The van der Waals surface area contributed by atoms with Crippen molar-refractivity contribution in [1.29, 1.82) is 0 Å². The molecule has 1 aromatic heterocycles. The number of aromatic nitrogens is 2. The lowest BCUT2D eigenvalue weighted by atomic mass is 9.77. The predicted molar refractivity (Wildman–Crippen MR) is 77.5 cm³/mol. The zero-order valence-electron chi connectivity index (χ0n) is 11.5. The first-order valence-corrected chi connectivity index (χ1v) is 6.88. The summed E-state index contributed by atoms with van der Waals surface area (Å²) in [5, 5.41) is 7.10. The number of nitrogens with one attached hydrogen (secondary N) is 1. The van der Waals surface area contributed by atoms with Gasteiger partial charge in [0.05, 0.1) is 5.69 Å². The van der Waals surface area contributed by atoms with Gasteiger partial charge in [0.2, 0.25) is 0 Å². The molecule has 2 aromatic rings. The molecule has 1 atom stereocenters. The summed E-state index contributed by atoms with van der Waals surface area (Å²) in [6, 6.07) is 8.34. The highest BCUT2D eigenvalue weighted by molar-refractivity contribution is 5.97. The number of benzene rings is 1. The summed E-state index contributed by atoms with van der Waals surface area (Å²) in [4.78, 5) is 12.1. The van der Waals surface area contributed by atoms with Crippen LogP contribution in [0.5, 0.6) is 0 Å². The van der Waals surface area contributed by atoms with Crippen LogP contribution in [0, 0.1) is 0 Å². The van der Waals surface area contributed by atoms with Gasteiger partial charge in [0, 0.05) is 25.2 Å². The van der Waals surface area contributed by atoms with Gasteiger partial charge in [0.25, 0.3) is 5.91 Å². The Morgan fingerprint density at radius 3 is 3.00 bits per heavy atom. The number of amides is 1. The van der Waals surface area contributed by atoms with Gasteiger partial charge in [-0.2, -0.15) is 5.10 Å². The minimum atomic E-state index is -0.195. The molecule has 3 rings (SSSR count). The number of hydrogen-bond acceptors (Lipinski definition) is 3. The Labute approximate surface area is 117 Å². The van der Waals surface area contributed by atoms with E-state index in [1.807, 2.05) is 19.1 Å². The number of nitrogen functional groups attached to an aromatic ring is 1. The van der Waals surface area contributed by atoms with Gasteiger partial charge >= 0.3 is 0 Å². The number of aryl methyl sites for hydroxylation is 1. The number of anilines is 1. The van der Waals surface area contributed by atoms with Crippen LogP contribution in [0.3, 0.4) is 0 Å². The summed E-state index contributed by atoms with van der Waals surface area (Å²) in [5.41, 5.74) is 9.26. The average Bonchev–Trinajstić information content (AvgIpc) is 2.81. The van der Waals surface area contributed by atoms with Crippen molar-refractivity contribution < 1.29 is 4.79 Å². The summed E-state index contributed by atoms with van der Waals surface area (Å²) >= 11 is 0. The van der Waals surface area contributed by atoms with Gasteiger partial charge in [0.15, 0.2) is 5.69 Å². The summed E-state index contributed by atoms with van der Waals surface area (Å²) in [5.74, 6) is 0.212. The second-order valence-electron chi connectivity index (χ2n) is 5.10. The molecule has 1 amide bonds. The maximum absolute atomic E-state index is 12.1. The number of carbonyl (C=O) groups is 1. The Kier molecular flexibility index (Phi) is 3.18. The number of hydrogen-bond donors (Lipinski definition) is 2. The van der Waals surface area contributed by atoms with Crippen LogP contribution < -0.4 is 11.1 Å². The Hall–Kier alpha value is -2.30. The molecular formula is C15H18N4O. The molecule has 5 heteroatoms. The van der Waals surface area contributed by atoms with Crippen molar-refractivity contribution in [2.45, 2.75) is 25.8 Å². The van der Waals surface area contributed by atoms with Crippen LogP contribution in [0.4, 0.5) is 5.69 Å². The van der Waals surface area contributed by atoms with E-state index in [4.69, 9.17) is 5.73 Å². The zero-order chi connectivity index (χ0) is 14.1. The molecule has 0 saturated carbocycles. The lowest BCUT2D eigenvalue weighted by Gasteiger charge is -2.30. The van der Waals surface area contributed by atoms with Crippen LogP contribution in [0.25, 0.3) is 0 Å². The molecule has 0 saturated heterocycles. The van der Waals surface area contributed by atoms with Crippen LogP contribution in [-0.2, 0) is 13.0 Å². The molecule has 1 unspecified atom stereocenters. The fourth-order valence-corrected chi connectivity index (χ4v) is 2.62. The van der Waals surface area contributed by atoms with Gasteiger partial charge in [0.1, 0.15) is 0 Å². The molecule has 5 nitrogen and oxygen atoms in total. The quantitative estimate of drug-likeness (QED) is 0.885. The largest absolute Gasteiger partial charge is 0.396 e. The highest BCUT2D eigenvalue weighted by Gasteiger charge is 2.26. The normalized spacial score (nSPS) is 16.4. The lowest BCUT2D eigenvalue weighted by molar-refractivity contribution is 0.0945. The lowest BCUT2D eigenvalue weighted by Crippen LogP contribution is -2.33. The minimum Gasteiger partial charge on any atom is -0.396 e. The van der Waals surface area contributed by atoms with Crippen LogP contribution >= 0.6 is 0 Å². The molecule has 1 aromatic carbocycles. The molecule has 104 valence electrons. The van der Waals surface area contributed by atoms with Gasteiger partial charge in [-0.1, -0.05) is 24.3 Å². The van der Waals surface area contributed by atoms with Crippen molar-refractivity contribution >= 4 is 11.6 Å². The molecule has 0 radical (unpaired) electrons. The Bertz CT molecular complexity index is 647. The number of nitrogens with zero attached hydrogens (tertiary/aromatic N) is 2. The maximum Gasteiger partial charge on any atom is 0.273 e. The van der Waals surface area contributed by atoms with E-state index in [1.165, 1.54) is 11.1 Å². The van der Waals surface area contributed by atoms with Gasteiger partial charge in [-0.15, -0.1) is 0 Å². The highest BCUT2D eigenvalue weighted by Crippen LogP contribution is 2.34. The molecule has 3 N–H and O–H groups in total. The van der Waals surface area contributed by atoms with E-state index >= 15 is 0 Å². The van der Waals surface area contributed by atoms with Gasteiger partial charge in [-0.05, 0) is 24.5 Å². The van der Waals surface area contributed by atoms with Gasteiger partial charge in [-0.25, -0.2) is 0 Å². The Morgan fingerprint density at radius 2 is 2.30 bits per heavy atom. The van der Waals surface area contributed by atoms with E-state index < -0.39 is 0 Å². The SMILES string of the molecule is CCn1cc(N)c(C(=O)NCC2Cc3ccccc32)n1. The second kappa shape index (κ2) is 5.00. The van der Waals surface area contributed by atoms with E-state index in [0.717, 1.165) is 6.42 Å². The Balaban J connectivity index is 1.62. The van der Waals surface area contributed by atoms with Crippen molar-refractivity contribution in [1.82, 2.24) is 15.1 Å². The van der Waals surface area contributed by atoms with Crippen LogP contribution in [0.15, 0.2) is 30.5 Å². The second-order valence-corrected chi connectivity index (χ2v) is 5.10. The van der Waals surface area contributed by atoms with Gasteiger partial charge < -0.3 is 11.1 Å². The minimum absolute atomic E-state index is 0.195. The molecule has 0 fully saturated rings.